The first-order chi connectivity index (χ1) is 17.2. The SMILES string of the molecule is CC(C(=O)NC(Cc1c[nH]c2ccccc12)C(=O)NCc1ccc(Cl)c(Cl)c1)N1CC(=O)NCC1=O. The Morgan fingerprint density at radius 2 is 1.86 bits per heavy atom. The topological polar surface area (TPSA) is 123 Å². The maximum Gasteiger partial charge on any atom is 0.243 e. The van der Waals surface area contributed by atoms with Crippen molar-refractivity contribution in [2.75, 3.05) is 13.1 Å². The third-order valence-corrected chi connectivity index (χ3v) is 6.84. The van der Waals surface area contributed by atoms with Crippen LogP contribution in [-0.2, 0) is 32.1 Å². The van der Waals surface area contributed by atoms with Gasteiger partial charge in [-0.15, -0.1) is 0 Å². The van der Waals surface area contributed by atoms with Crippen molar-refractivity contribution in [3.63, 3.8) is 0 Å². The fraction of sp³-hybridized carbons (Fsp3) is 0.280. The van der Waals surface area contributed by atoms with E-state index in [0.717, 1.165) is 22.0 Å². The van der Waals surface area contributed by atoms with Crippen LogP contribution in [0.25, 0.3) is 10.9 Å². The van der Waals surface area contributed by atoms with Crippen LogP contribution in [0.3, 0.4) is 0 Å². The summed E-state index contributed by atoms with van der Waals surface area (Å²) in [4.78, 5) is 54.7. The molecule has 0 spiro atoms. The summed E-state index contributed by atoms with van der Waals surface area (Å²) in [7, 11) is 0. The van der Waals surface area contributed by atoms with E-state index in [9.17, 15) is 19.2 Å². The standard InChI is InChI=1S/C25H25Cl2N5O4/c1-14(32-13-22(33)29-12-23(32)34)24(35)31-21(9-16-11-28-20-5-3-2-4-17(16)20)25(36)30-10-15-6-7-18(26)19(27)8-15/h2-8,11,14,21,28H,9-10,12-13H2,1H3,(H,29,33)(H,30,36)(H,31,35). The Balaban J connectivity index is 1.52. The molecule has 0 saturated carbocycles. The summed E-state index contributed by atoms with van der Waals surface area (Å²) >= 11 is 12.0. The van der Waals surface area contributed by atoms with Gasteiger partial charge in [0, 0.05) is 30.1 Å². The van der Waals surface area contributed by atoms with Gasteiger partial charge in [0.15, 0.2) is 0 Å². The van der Waals surface area contributed by atoms with E-state index in [4.69, 9.17) is 23.2 Å². The van der Waals surface area contributed by atoms with E-state index in [-0.39, 0.29) is 37.9 Å². The average Bonchev–Trinajstić information content (AvgIpc) is 3.28. The summed E-state index contributed by atoms with van der Waals surface area (Å²) in [6.45, 7) is 1.32. The Morgan fingerprint density at radius 3 is 2.64 bits per heavy atom. The first-order valence-corrected chi connectivity index (χ1v) is 12.1. The average molecular weight is 530 g/mol. The summed E-state index contributed by atoms with van der Waals surface area (Å²) < 4.78 is 0. The van der Waals surface area contributed by atoms with Gasteiger partial charge in [0.1, 0.15) is 18.6 Å². The van der Waals surface area contributed by atoms with Gasteiger partial charge in [0.2, 0.25) is 23.6 Å². The number of H-pyrrole nitrogens is 1. The molecule has 11 heteroatoms. The minimum absolute atomic E-state index is 0.167. The highest BCUT2D eigenvalue weighted by molar-refractivity contribution is 6.42. The maximum absolute atomic E-state index is 13.2. The molecule has 0 bridgehead atoms. The molecule has 2 atom stereocenters. The Labute approximate surface area is 217 Å². The van der Waals surface area contributed by atoms with Gasteiger partial charge in [-0.25, -0.2) is 0 Å². The van der Waals surface area contributed by atoms with Crippen molar-refractivity contribution in [1.29, 1.82) is 0 Å². The Kier molecular flexibility index (Phi) is 7.81. The lowest BCUT2D eigenvalue weighted by molar-refractivity contribution is -0.146. The number of nitrogens with zero attached hydrogens (tertiary/aromatic N) is 1. The number of para-hydroxylation sites is 1. The summed E-state index contributed by atoms with van der Waals surface area (Å²) in [5.74, 6) is -1.65. The van der Waals surface area contributed by atoms with Crippen molar-refractivity contribution in [3.8, 4) is 0 Å². The molecule has 4 N–H and O–H groups in total. The molecule has 3 aromatic rings. The van der Waals surface area contributed by atoms with Gasteiger partial charge in [0.05, 0.1) is 16.6 Å². The molecule has 1 aliphatic rings. The minimum Gasteiger partial charge on any atom is -0.361 e. The molecule has 1 aliphatic heterocycles. The van der Waals surface area contributed by atoms with Gasteiger partial charge in [-0.05, 0) is 36.2 Å². The highest BCUT2D eigenvalue weighted by atomic mass is 35.5. The van der Waals surface area contributed by atoms with Crippen LogP contribution in [0.4, 0.5) is 0 Å². The number of piperazine rings is 1. The molecule has 4 amide bonds. The molecule has 1 aromatic heterocycles. The molecule has 0 radical (unpaired) electrons. The van der Waals surface area contributed by atoms with Crippen LogP contribution in [0.5, 0.6) is 0 Å². The van der Waals surface area contributed by atoms with Gasteiger partial charge in [-0.3, -0.25) is 19.2 Å². The van der Waals surface area contributed by atoms with Crippen molar-refractivity contribution in [2.45, 2.75) is 32.0 Å². The molecular formula is C25H25Cl2N5O4. The molecular weight excluding hydrogens is 505 g/mol. The summed E-state index contributed by atoms with van der Waals surface area (Å²) in [5, 5.41) is 9.78. The highest BCUT2D eigenvalue weighted by Crippen LogP contribution is 2.23. The summed E-state index contributed by atoms with van der Waals surface area (Å²) in [6.07, 6.45) is 2.02. The van der Waals surface area contributed by atoms with Crippen LogP contribution in [0.2, 0.25) is 10.0 Å². The quantitative estimate of drug-likeness (QED) is 0.357. The van der Waals surface area contributed by atoms with E-state index in [0.29, 0.717) is 10.0 Å². The van der Waals surface area contributed by atoms with Crippen LogP contribution in [0.1, 0.15) is 18.1 Å². The Morgan fingerprint density at radius 1 is 1.08 bits per heavy atom. The van der Waals surface area contributed by atoms with Gasteiger partial charge in [0.25, 0.3) is 0 Å². The number of rotatable bonds is 8. The Hall–Kier alpha value is -3.56. The zero-order chi connectivity index (χ0) is 25.8. The molecule has 4 rings (SSSR count). The number of carbonyl (C=O) groups is 4. The molecule has 188 valence electrons. The van der Waals surface area contributed by atoms with E-state index in [1.807, 2.05) is 24.3 Å². The molecule has 1 fully saturated rings. The second-order valence-corrected chi connectivity index (χ2v) is 9.38. The molecule has 1 saturated heterocycles. The van der Waals surface area contributed by atoms with Crippen LogP contribution in [0, 0.1) is 0 Å². The van der Waals surface area contributed by atoms with Crippen LogP contribution < -0.4 is 16.0 Å². The lowest BCUT2D eigenvalue weighted by atomic mass is 10.0. The first-order valence-electron chi connectivity index (χ1n) is 11.4. The molecule has 2 unspecified atom stereocenters. The second kappa shape index (κ2) is 11.0. The van der Waals surface area contributed by atoms with Crippen LogP contribution >= 0.6 is 23.2 Å². The predicted octanol–water partition coefficient (Wildman–Crippen LogP) is 2.17. The van der Waals surface area contributed by atoms with Crippen molar-refractivity contribution >= 4 is 57.7 Å². The third kappa shape index (κ3) is 5.80. The van der Waals surface area contributed by atoms with Gasteiger partial charge in [-0.2, -0.15) is 0 Å². The van der Waals surface area contributed by atoms with Gasteiger partial charge in [-0.1, -0.05) is 47.5 Å². The van der Waals surface area contributed by atoms with E-state index >= 15 is 0 Å². The number of aromatic nitrogens is 1. The lowest BCUT2D eigenvalue weighted by Gasteiger charge is -2.32. The Bertz CT molecular complexity index is 1320. The number of hydrogen-bond acceptors (Lipinski definition) is 4. The summed E-state index contributed by atoms with van der Waals surface area (Å²) in [6, 6.07) is 10.8. The van der Waals surface area contributed by atoms with Gasteiger partial charge >= 0.3 is 0 Å². The number of halogens is 2. The van der Waals surface area contributed by atoms with Crippen molar-refractivity contribution < 1.29 is 19.2 Å². The number of aromatic amines is 1. The molecule has 2 heterocycles. The number of amides is 4. The third-order valence-electron chi connectivity index (χ3n) is 6.10. The number of fused-ring (bicyclic) bond motifs is 1. The molecule has 2 aromatic carbocycles. The monoisotopic (exact) mass is 529 g/mol. The van der Waals surface area contributed by atoms with Crippen molar-refractivity contribution in [2.24, 2.45) is 0 Å². The second-order valence-electron chi connectivity index (χ2n) is 8.57. The largest absolute Gasteiger partial charge is 0.361 e. The number of nitrogens with one attached hydrogen (secondary N) is 4. The molecule has 9 nitrogen and oxygen atoms in total. The fourth-order valence-corrected chi connectivity index (χ4v) is 4.37. The van der Waals surface area contributed by atoms with E-state index in [1.165, 1.54) is 11.8 Å². The fourth-order valence-electron chi connectivity index (χ4n) is 4.05. The van der Waals surface area contributed by atoms with Crippen molar-refractivity contribution in [3.05, 3.63) is 69.8 Å². The first kappa shape index (κ1) is 25.5. The van der Waals surface area contributed by atoms with E-state index in [1.54, 1.807) is 24.4 Å². The zero-order valence-corrected chi connectivity index (χ0v) is 20.9. The molecule has 36 heavy (non-hydrogen) atoms. The van der Waals surface area contributed by atoms with Crippen LogP contribution in [-0.4, -0.2) is 58.7 Å². The minimum atomic E-state index is -0.935. The zero-order valence-electron chi connectivity index (χ0n) is 19.4. The molecule has 0 aliphatic carbocycles. The number of hydrogen-bond donors (Lipinski definition) is 4. The van der Waals surface area contributed by atoms with Crippen molar-refractivity contribution in [1.82, 2.24) is 25.8 Å². The normalized spacial score (nSPS) is 15.4. The maximum atomic E-state index is 13.2. The smallest absolute Gasteiger partial charge is 0.243 e. The van der Waals surface area contributed by atoms with E-state index < -0.39 is 23.9 Å². The van der Waals surface area contributed by atoms with E-state index in [2.05, 4.69) is 20.9 Å². The van der Waals surface area contributed by atoms with Crippen LogP contribution in [0.15, 0.2) is 48.7 Å². The predicted molar refractivity (Wildman–Crippen MR) is 136 cm³/mol. The lowest BCUT2D eigenvalue weighted by Crippen LogP contribution is -2.60. The van der Waals surface area contributed by atoms with Gasteiger partial charge < -0.3 is 25.8 Å². The highest BCUT2D eigenvalue weighted by Gasteiger charge is 2.33. The number of carbonyl (C=O) groups excluding carboxylic acids is 4. The summed E-state index contributed by atoms with van der Waals surface area (Å²) in [5.41, 5.74) is 2.50. The number of benzene rings is 2.